The smallest absolute Gasteiger partial charge is 0.326 e. The number of carbonyl (C=O) groups is 5. The lowest BCUT2D eigenvalue weighted by atomic mass is 9.99. The molecule has 3 amide bonds. The number of carboxylic acids is 2. The van der Waals surface area contributed by atoms with Gasteiger partial charge in [-0.2, -0.15) is 0 Å². The van der Waals surface area contributed by atoms with Crippen molar-refractivity contribution in [1.29, 1.82) is 0 Å². The zero-order chi connectivity index (χ0) is 22.1. The van der Waals surface area contributed by atoms with Crippen LogP contribution in [0, 0.1) is 5.92 Å². The molecule has 29 heavy (non-hydrogen) atoms. The van der Waals surface area contributed by atoms with Gasteiger partial charge in [0.15, 0.2) is 0 Å². The number of hydrogen-bond donors (Lipinski definition) is 6. The summed E-state index contributed by atoms with van der Waals surface area (Å²) in [5, 5.41) is 28.3. The summed E-state index contributed by atoms with van der Waals surface area (Å²) >= 11 is 0. The van der Waals surface area contributed by atoms with E-state index in [1.165, 1.54) is 6.92 Å². The van der Waals surface area contributed by atoms with Crippen LogP contribution in [-0.2, 0) is 24.0 Å². The summed E-state index contributed by atoms with van der Waals surface area (Å²) in [5.74, 6) is -4.84. The van der Waals surface area contributed by atoms with Crippen molar-refractivity contribution in [3.05, 3.63) is 0 Å². The first-order chi connectivity index (χ1) is 13.6. The Morgan fingerprint density at radius 1 is 1.03 bits per heavy atom. The quantitative estimate of drug-likeness (QED) is 0.245. The third-order valence-corrected chi connectivity index (χ3v) is 4.92. The number of amides is 3. The molecule has 164 valence electrons. The molecule has 1 rings (SSSR count). The largest absolute Gasteiger partial charge is 0.481 e. The fourth-order valence-electron chi connectivity index (χ4n) is 2.91. The van der Waals surface area contributed by atoms with E-state index in [9.17, 15) is 29.1 Å². The average Bonchev–Trinajstić information content (AvgIpc) is 3.18. The van der Waals surface area contributed by atoms with Crippen molar-refractivity contribution < 1.29 is 34.2 Å². The van der Waals surface area contributed by atoms with Gasteiger partial charge < -0.3 is 31.5 Å². The zero-order valence-electron chi connectivity index (χ0n) is 16.9. The zero-order valence-corrected chi connectivity index (χ0v) is 16.9. The number of carboxylic acid groups (broad SMARTS) is 2. The molecule has 0 aromatic heterocycles. The normalized spacial score (nSPS) is 20.0. The van der Waals surface area contributed by atoms with Crippen LogP contribution >= 0.6 is 0 Å². The number of nitrogens with one attached hydrogen (secondary N) is 4. The van der Waals surface area contributed by atoms with Crippen molar-refractivity contribution in [2.45, 2.75) is 70.6 Å². The highest BCUT2D eigenvalue weighted by Gasteiger charge is 2.32. The summed E-state index contributed by atoms with van der Waals surface area (Å²) in [6.07, 6.45) is 1.26. The standard InChI is InChI=1S/C18H30N4O7/c1-4-9(2)14(18(28)29)22-15(25)10(3)20-17(27)12(8-13(23)24)21-16(26)11-6-5-7-19-11/h9-12,14,19H,4-8H2,1-3H3,(H,20,27)(H,21,26)(H,22,25)(H,23,24)(H,28,29). The molecule has 0 radical (unpaired) electrons. The lowest BCUT2D eigenvalue weighted by Gasteiger charge is -2.24. The monoisotopic (exact) mass is 414 g/mol. The third-order valence-electron chi connectivity index (χ3n) is 4.92. The lowest BCUT2D eigenvalue weighted by Crippen LogP contribution is -2.57. The molecular weight excluding hydrogens is 384 g/mol. The van der Waals surface area contributed by atoms with Crippen LogP contribution in [-0.4, -0.2) is 70.6 Å². The maximum Gasteiger partial charge on any atom is 0.326 e. The van der Waals surface area contributed by atoms with Gasteiger partial charge >= 0.3 is 11.9 Å². The number of carbonyl (C=O) groups excluding carboxylic acids is 3. The first-order valence-corrected chi connectivity index (χ1v) is 9.65. The van der Waals surface area contributed by atoms with Crippen LogP contribution in [0.2, 0.25) is 0 Å². The van der Waals surface area contributed by atoms with Crippen LogP contribution in [0.4, 0.5) is 0 Å². The molecule has 11 nitrogen and oxygen atoms in total. The second-order valence-electron chi connectivity index (χ2n) is 7.25. The molecule has 0 saturated carbocycles. The minimum atomic E-state index is -1.36. The summed E-state index contributed by atoms with van der Waals surface area (Å²) in [6.45, 7) is 5.47. The SMILES string of the molecule is CCC(C)C(NC(=O)C(C)NC(=O)C(CC(=O)O)NC(=O)C1CCCN1)C(=O)O. The molecule has 0 aromatic rings. The Balaban J connectivity index is 2.73. The Kier molecular flexibility index (Phi) is 9.53. The highest BCUT2D eigenvalue weighted by Crippen LogP contribution is 2.09. The van der Waals surface area contributed by atoms with Gasteiger partial charge in [0.05, 0.1) is 12.5 Å². The van der Waals surface area contributed by atoms with Crippen LogP contribution in [0.5, 0.6) is 0 Å². The topological polar surface area (TPSA) is 174 Å². The second kappa shape index (κ2) is 11.3. The van der Waals surface area contributed by atoms with E-state index in [0.29, 0.717) is 19.4 Å². The Labute approximate surface area is 169 Å². The van der Waals surface area contributed by atoms with Crippen LogP contribution in [0.15, 0.2) is 0 Å². The van der Waals surface area contributed by atoms with E-state index < -0.39 is 60.2 Å². The van der Waals surface area contributed by atoms with Gasteiger partial charge in [0.2, 0.25) is 17.7 Å². The van der Waals surface area contributed by atoms with Crippen molar-refractivity contribution in [3.8, 4) is 0 Å². The molecule has 1 aliphatic rings. The van der Waals surface area contributed by atoms with Gasteiger partial charge in [-0.25, -0.2) is 4.79 Å². The van der Waals surface area contributed by atoms with Crippen molar-refractivity contribution in [3.63, 3.8) is 0 Å². The molecule has 1 aliphatic heterocycles. The lowest BCUT2D eigenvalue weighted by molar-refractivity contribution is -0.144. The first kappa shape index (κ1) is 24.3. The summed E-state index contributed by atoms with van der Waals surface area (Å²) in [4.78, 5) is 59.3. The molecule has 0 spiro atoms. The third kappa shape index (κ3) is 7.68. The molecule has 0 aliphatic carbocycles. The van der Waals surface area contributed by atoms with Gasteiger partial charge in [-0.05, 0) is 32.2 Å². The average molecular weight is 414 g/mol. The Bertz CT molecular complexity index is 634. The maximum absolute atomic E-state index is 12.4. The van der Waals surface area contributed by atoms with Gasteiger partial charge in [0.25, 0.3) is 0 Å². The summed E-state index contributed by atoms with van der Waals surface area (Å²) in [5.41, 5.74) is 0. The molecule has 0 bridgehead atoms. The summed E-state index contributed by atoms with van der Waals surface area (Å²) < 4.78 is 0. The van der Waals surface area contributed by atoms with Crippen molar-refractivity contribution >= 4 is 29.7 Å². The van der Waals surface area contributed by atoms with Crippen LogP contribution in [0.25, 0.3) is 0 Å². The molecular formula is C18H30N4O7. The van der Waals surface area contributed by atoms with Gasteiger partial charge in [-0.1, -0.05) is 20.3 Å². The fourth-order valence-corrected chi connectivity index (χ4v) is 2.91. The van der Waals surface area contributed by atoms with E-state index in [4.69, 9.17) is 5.11 Å². The predicted molar refractivity (Wildman–Crippen MR) is 102 cm³/mol. The van der Waals surface area contributed by atoms with Crippen molar-refractivity contribution in [1.82, 2.24) is 21.3 Å². The van der Waals surface area contributed by atoms with Crippen LogP contribution < -0.4 is 21.3 Å². The van der Waals surface area contributed by atoms with Gasteiger partial charge in [-0.3, -0.25) is 19.2 Å². The highest BCUT2D eigenvalue weighted by atomic mass is 16.4. The number of hydrogen-bond acceptors (Lipinski definition) is 6. The van der Waals surface area contributed by atoms with E-state index >= 15 is 0 Å². The molecule has 6 N–H and O–H groups in total. The molecule has 1 fully saturated rings. The Hall–Kier alpha value is -2.69. The summed E-state index contributed by atoms with van der Waals surface area (Å²) in [7, 11) is 0. The first-order valence-electron chi connectivity index (χ1n) is 9.65. The van der Waals surface area contributed by atoms with Crippen LogP contribution in [0.1, 0.15) is 46.5 Å². The molecule has 5 unspecified atom stereocenters. The molecule has 1 saturated heterocycles. The van der Waals surface area contributed by atoms with E-state index in [2.05, 4.69) is 21.3 Å². The van der Waals surface area contributed by atoms with Crippen molar-refractivity contribution in [2.75, 3.05) is 6.54 Å². The molecule has 11 heteroatoms. The van der Waals surface area contributed by atoms with E-state index in [1.807, 2.05) is 0 Å². The predicted octanol–water partition coefficient (Wildman–Crippen LogP) is -1.18. The molecule has 5 atom stereocenters. The van der Waals surface area contributed by atoms with E-state index in [-0.39, 0.29) is 5.92 Å². The fraction of sp³-hybridized carbons (Fsp3) is 0.722. The number of aliphatic carboxylic acids is 2. The van der Waals surface area contributed by atoms with Gasteiger partial charge in [-0.15, -0.1) is 0 Å². The van der Waals surface area contributed by atoms with E-state index in [0.717, 1.165) is 6.42 Å². The molecule has 0 aromatic carbocycles. The molecule has 1 heterocycles. The van der Waals surface area contributed by atoms with Crippen LogP contribution in [0.3, 0.4) is 0 Å². The second-order valence-corrected chi connectivity index (χ2v) is 7.25. The highest BCUT2D eigenvalue weighted by molar-refractivity contribution is 5.95. The minimum Gasteiger partial charge on any atom is -0.481 e. The Morgan fingerprint density at radius 2 is 1.69 bits per heavy atom. The van der Waals surface area contributed by atoms with Crippen molar-refractivity contribution in [2.24, 2.45) is 5.92 Å². The minimum absolute atomic E-state index is 0.322. The maximum atomic E-state index is 12.4. The van der Waals surface area contributed by atoms with Gasteiger partial charge in [0.1, 0.15) is 18.1 Å². The van der Waals surface area contributed by atoms with Gasteiger partial charge in [0, 0.05) is 0 Å². The number of rotatable bonds is 11. The van der Waals surface area contributed by atoms with E-state index in [1.54, 1.807) is 13.8 Å². The Morgan fingerprint density at radius 3 is 2.17 bits per heavy atom. The summed E-state index contributed by atoms with van der Waals surface area (Å²) in [6, 6.07) is -4.09.